The first-order valence-electron chi connectivity index (χ1n) is 12.9. The van der Waals surface area contributed by atoms with E-state index in [4.69, 9.17) is 9.47 Å². The van der Waals surface area contributed by atoms with Crippen molar-refractivity contribution in [3.63, 3.8) is 0 Å². The summed E-state index contributed by atoms with van der Waals surface area (Å²) in [5.74, 6) is -1.55. The number of esters is 1. The number of hydrogen-bond donors (Lipinski definition) is 1. The van der Waals surface area contributed by atoms with Crippen LogP contribution in [0.5, 0.6) is 5.75 Å². The number of aliphatic hydroxyl groups is 1. The molecule has 0 aliphatic carbocycles. The van der Waals surface area contributed by atoms with Crippen molar-refractivity contribution >= 4 is 39.9 Å². The van der Waals surface area contributed by atoms with Crippen molar-refractivity contribution in [2.45, 2.75) is 53.5 Å². The van der Waals surface area contributed by atoms with Gasteiger partial charge < -0.3 is 14.6 Å². The third-order valence-electron chi connectivity index (χ3n) is 6.56. The predicted molar refractivity (Wildman–Crippen MR) is 150 cm³/mol. The minimum atomic E-state index is -0.946. The lowest BCUT2D eigenvalue weighted by molar-refractivity contribution is -0.132. The van der Waals surface area contributed by atoms with E-state index in [9.17, 15) is 19.5 Å². The molecule has 0 radical (unpaired) electrons. The summed E-state index contributed by atoms with van der Waals surface area (Å²) in [6, 6.07) is 11.7. The molecule has 1 aliphatic heterocycles. The molecule has 0 bridgehead atoms. The van der Waals surface area contributed by atoms with Crippen molar-refractivity contribution in [2.75, 3.05) is 18.1 Å². The molecule has 1 unspecified atom stereocenters. The molecular formula is C30H32N2O6S. The maximum absolute atomic E-state index is 13.5. The number of thiazole rings is 1. The fraction of sp³-hybridized carbons (Fsp3) is 0.333. The molecular weight excluding hydrogens is 516 g/mol. The number of aromatic nitrogens is 1. The topological polar surface area (TPSA) is 106 Å². The van der Waals surface area contributed by atoms with E-state index < -0.39 is 23.7 Å². The molecule has 1 aromatic heterocycles. The first-order valence-corrected chi connectivity index (χ1v) is 13.7. The van der Waals surface area contributed by atoms with Crippen LogP contribution in [-0.2, 0) is 14.3 Å². The van der Waals surface area contributed by atoms with Gasteiger partial charge in [-0.3, -0.25) is 14.5 Å². The molecule has 204 valence electrons. The molecule has 0 saturated carbocycles. The standard InChI is InChI=1S/C30H32N2O6S/c1-7-37-22-14-13-21(15-17(22)5)25(33)23-24(20-11-9-19(10-12-20)16(3)4)32(28(35)26(23)34)30-31-18(6)27(39-30)29(36)38-8-2/h9-16,24,33H,7-8H2,1-6H3. The van der Waals surface area contributed by atoms with E-state index >= 15 is 0 Å². The van der Waals surface area contributed by atoms with Gasteiger partial charge in [-0.05, 0) is 68.5 Å². The highest BCUT2D eigenvalue weighted by Crippen LogP contribution is 2.44. The Kier molecular flexibility index (Phi) is 8.20. The van der Waals surface area contributed by atoms with Gasteiger partial charge >= 0.3 is 11.9 Å². The van der Waals surface area contributed by atoms with Crippen LogP contribution in [0.25, 0.3) is 5.76 Å². The molecule has 1 N–H and O–H groups in total. The van der Waals surface area contributed by atoms with Gasteiger partial charge in [-0.25, -0.2) is 9.78 Å². The summed E-state index contributed by atoms with van der Waals surface area (Å²) < 4.78 is 10.7. The van der Waals surface area contributed by atoms with Crippen LogP contribution in [0.4, 0.5) is 5.13 Å². The number of nitrogens with zero attached hydrogens (tertiary/aromatic N) is 2. The number of ketones is 1. The highest BCUT2D eigenvalue weighted by atomic mass is 32.1. The summed E-state index contributed by atoms with van der Waals surface area (Å²) in [5.41, 5.74) is 3.24. The van der Waals surface area contributed by atoms with Gasteiger partial charge in [-0.1, -0.05) is 49.4 Å². The zero-order chi connectivity index (χ0) is 28.4. The Labute approximate surface area is 231 Å². The summed E-state index contributed by atoms with van der Waals surface area (Å²) in [7, 11) is 0. The van der Waals surface area contributed by atoms with Crippen molar-refractivity contribution in [2.24, 2.45) is 0 Å². The molecule has 1 fully saturated rings. The lowest BCUT2D eigenvalue weighted by Crippen LogP contribution is -2.29. The number of aliphatic hydroxyl groups excluding tert-OH is 1. The van der Waals surface area contributed by atoms with Gasteiger partial charge in [0.2, 0.25) is 0 Å². The van der Waals surface area contributed by atoms with Crippen LogP contribution in [0, 0.1) is 13.8 Å². The van der Waals surface area contributed by atoms with Crippen LogP contribution in [0.3, 0.4) is 0 Å². The highest BCUT2D eigenvalue weighted by Gasteiger charge is 2.48. The maximum atomic E-state index is 13.5. The van der Waals surface area contributed by atoms with Crippen molar-refractivity contribution in [1.82, 2.24) is 4.98 Å². The molecule has 1 atom stereocenters. The van der Waals surface area contributed by atoms with E-state index in [2.05, 4.69) is 18.8 Å². The van der Waals surface area contributed by atoms with E-state index in [0.717, 1.165) is 22.5 Å². The summed E-state index contributed by atoms with van der Waals surface area (Å²) in [5, 5.41) is 11.6. The number of rotatable bonds is 8. The van der Waals surface area contributed by atoms with Gasteiger partial charge in [0.15, 0.2) is 5.13 Å². The molecule has 2 aromatic carbocycles. The molecule has 1 saturated heterocycles. The molecule has 0 spiro atoms. The molecule has 2 heterocycles. The van der Waals surface area contributed by atoms with E-state index in [-0.39, 0.29) is 33.9 Å². The zero-order valence-electron chi connectivity index (χ0n) is 22.9. The Morgan fingerprint density at radius 3 is 2.36 bits per heavy atom. The third-order valence-corrected chi connectivity index (χ3v) is 7.70. The Morgan fingerprint density at radius 2 is 1.77 bits per heavy atom. The summed E-state index contributed by atoms with van der Waals surface area (Å²) in [6.07, 6.45) is 0. The van der Waals surface area contributed by atoms with Crippen molar-refractivity contribution < 1.29 is 29.0 Å². The lowest BCUT2D eigenvalue weighted by atomic mass is 9.93. The Bertz CT molecular complexity index is 1450. The van der Waals surface area contributed by atoms with Gasteiger partial charge in [0, 0.05) is 5.56 Å². The molecule has 3 aromatic rings. The molecule has 1 amide bonds. The monoisotopic (exact) mass is 548 g/mol. The number of carbonyl (C=O) groups excluding carboxylic acids is 3. The van der Waals surface area contributed by atoms with Crippen LogP contribution >= 0.6 is 11.3 Å². The molecule has 4 rings (SSSR count). The van der Waals surface area contributed by atoms with Gasteiger partial charge in [-0.15, -0.1) is 0 Å². The number of ether oxygens (including phenoxy) is 2. The second-order valence-corrected chi connectivity index (χ2v) is 10.5. The van der Waals surface area contributed by atoms with Crippen molar-refractivity contribution in [3.05, 3.63) is 80.9 Å². The molecule has 8 nitrogen and oxygen atoms in total. The third kappa shape index (κ3) is 5.31. The minimum absolute atomic E-state index is 0.0496. The molecule has 9 heteroatoms. The number of amides is 1. The Balaban J connectivity index is 1.90. The van der Waals surface area contributed by atoms with E-state index in [1.54, 1.807) is 32.0 Å². The predicted octanol–water partition coefficient (Wildman–Crippen LogP) is 6.09. The van der Waals surface area contributed by atoms with E-state index in [1.807, 2.05) is 38.1 Å². The summed E-state index contributed by atoms with van der Waals surface area (Å²) >= 11 is 0.983. The summed E-state index contributed by atoms with van der Waals surface area (Å²) in [4.78, 5) is 45.4. The van der Waals surface area contributed by atoms with Crippen LogP contribution in [0.2, 0.25) is 0 Å². The summed E-state index contributed by atoms with van der Waals surface area (Å²) in [6.45, 7) is 11.9. The Morgan fingerprint density at radius 1 is 1.08 bits per heavy atom. The number of benzene rings is 2. The van der Waals surface area contributed by atoms with Crippen LogP contribution in [0.15, 0.2) is 48.0 Å². The van der Waals surface area contributed by atoms with Gasteiger partial charge in [0.05, 0.1) is 30.5 Å². The Hall–Kier alpha value is -3.98. The average Bonchev–Trinajstić information content (AvgIpc) is 3.41. The van der Waals surface area contributed by atoms with E-state index in [1.165, 1.54) is 4.90 Å². The number of hydrogen-bond acceptors (Lipinski definition) is 8. The first-order chi connectivity index (χ1) is 18.6. The second kappa shape index (κ2) is 11.4. The largest absolute Gasteiger partial charge is 0.507 e. The highest BCUT2D eigenvalue weighted by molar-refractivity contribution is 7.17. The number of aryl methyl sites for hydroxylation is 2. The normalized spacial score (nSPS) is 16.7. The zero-order valence-corrected chi connectivity index (χ0v) is 23.7. The SMILES string of the molecule is CCOC(=O)c1sc(N2C(=O)C(=O)C(=C(O)c3ccc(OCC)c(C)c3)C2c2ccc(C(C)C)cc2)nc1C. The quantitative estimate of drug-likeness (QED) is 0.157. The van der Waals surface area contributed by atoms with Gasteiger partial charge in [-0.2, -0.15) is 0 Å². The van der Waals surface area contributed by atoms with Gasteiger partial charge in [0.1, 0.15) is 16.4 Å². The molecule has 1 aliphatic rings. The fourth-order valence-electron chi connectivity index (χ4n) is 4.55. The van der Waals surface area contributed by atoms with Crippen molar-refractivity contribution in [1.29, 1.82) is 0 Å². The second-order valence-electron chi connectivity index (χ2n) is 9.54. The fourth-order valence-corrected chi connectivity index (χ4v) is 5.54. The number of anilines is 1. The first kappa shape index (κ1) is 28.0. The minimum Gasteiger partial charge on any atom is -0.507 e. The maximum Gasteiger partial charge on any atom is 0.350 e. The smallest absolute Gasteiger partial charge is 0.350 e. The molecule has 39 heavy (non-hydrogen) atoms. The number of carbonyl (C=O) groups is 3. The van der Waals surface area contributed by atoms with Gasteiger partial charge in [0.25, 0.3) is 5.78 Å². The van der Waals surface area contributed by atoms with Crippen LogP contribution < -0.4 is 9.64 Å². The lowest BCUT2D eigenvalue weighted by Gasteiger charge is -2.23. The van der Waals surface area contributed by atoms with Crippen molar-refractivity contribution in [3.8, 4) is 5.75 Å². The van der Waals surface area contributed by atoms with Crippen LogP contribution in [-0.4, -0.2) is 41.0 Å². The van der Waals surface area contributed by atoms with Crippen LogP contribution in [0.1, 0.15) is 77.3 Å². The van der Waals surface area contributed by atoms with E-state index in [0.29, 0.717) is 29.2 Å². The average molecular weight is 549 g/mol. The number of Topliss-reactive ketones (excluding diaryl/α,β-unsaturated/α-hetero) is 1.